The van der Waals surface area contributed by atoms with Crippen LogP contribution in [0.3, 0.4) is 0 Å². The maximum absolute atomic E-state index is 12.6. The molecule has 0 spiro atoms. The maximum atomic E-state index is 12.6. The highest BCUT2D eigenvalue weighted by atomic mass is 35.5. The van der Waals surface area contributed by atoms with E-state index in [0.29, 0.717) is 5.02 Å². The molecule has 0 amide bonds. The van der Waals surface area contributed by atoms with Gasteiger partial charge in [0.05, 0.1) is 16.6 Å². The van der Waals surface area contributed by atoms with Crippen molar-refractivity contribution in [2.45, 2.75) is 19.1 Å². The van der Waals surface area contributed by atoms with Gasteiger partial charge in [-0.1, -0.05) is 23.7 Å². The molecule has 1 heterocycles. The first-order chi connectivity index (χ1) is 9.34. The van der Waals surface area contributed by atoms with Crippen molar-refractivity contribution in [2.75, 3.05) is 7.05 Å². The Hall–Kier alpha value is -1.04. The molecule has 0 bridgehead atoms. The molecule has 1 aromatic heterocycles. The summed E-state index contributed by atoms with van der Waals surface area (Å²) >= 11 is 7.72. The van der Waals surface area contributed by atoms with Gasteiger partial charge in [0, 0.05) is 4.88 Å². The van der Waals surface area contributed by atoms with Crippen LogP contribution < -0.4 is 5.32 Å². The first-order valence-corrected chi connectivity index (χ1v) is 7.18. The molecule has 6 heteroatoms. The molecule has 2 rings (SSSR count). The van der Waals surface area contributed by atoms with Crippen LogP contribution in [-0.2, 0) is 6.18 Å². The summed E-state index contributed by atoms with van der Waals surface area (Å²) in [5, 5.41) is 5.69. The van der Waals surface area contributed by atoms with Gasteiger partial charge in [-0.25, -0.2) is 0 Å². The quantitative estimate of drug-likeness (QED) is 0.836. The molecule has 1 unspecified atom stereocenters. The lowest BCUT2D eigenvalue weighted by Crippen LogP contribution is -2.17. The Labute approximate surface area is 124 Å². The van der Waals surface area contributed by atoms with Crippen LogP contribution in [0.15, 0.2) is 29.6 Å². The van der Waals surface area contributed by atoms with Crippen LogP contribution in [0.1, 0.15) is 27.6 Å². The zero-order valence-electron chi connectivity index (χ0n) is 10.9. The first-order valence-electron chi connectivity index (χ1n) is 5.92. The normalized spacial score (nSPS) is 13.5. The summed E-state index contributed by atoms with van der Waals surface area (Å²) < 4.78 is 37.7. The second-order valence-electron chi connectivity index (χ2n) is 4.44. The molecule has 20 heavy (non-hydrogen) atoms. The van der Waals surface area contributed by atoms with Crippen molar-refractivity contribution >= 4 is 22.9 Å². The van der Waals surface area contributed by atoms with Gasteiger partial charge in [0.25, 0.3) is 0 Å². The SMILES string of the molecule is CNC(c1ccc(C(F)(F)F)cc1)c1scc(C)c1Cl. The Balaban J connectivity index is 2.36. The number of aryl methyl sites for hydroxylation is 1. The van der Waals surface area contributed by atoms with Crippen LogP contribution in [0.2, 0.25) is 5.02 Å². The van der Waals surface area contributed by atoms with Crippen LogP contribution >= 0.6 is 22.9 Å². The molecule has 1 nitrogen and oxygen atoms in total. The van der Waals surface area contributed by atoms with Crippen molar-refractivity contribution in [1.29, 1.82) is 0 Å². The average Bonchev–Trinajstić information content (AvgIpc) is 2.72. The van der Waals surface area contributed by atoms with E-state index < -0.39 is 11.7 Å². The summed E-state index contributed by atoms with van der Waals surface area (Å²) in [7, 11) is 1.76. The topological polar surface area (TPSA) is 12.0 Å². The zero-order chi connectivity index (χ0) is 14.9. The highest BCUT2D eigenvalue weighted by molar-refractivity contribution is 7.10. The third-order valence-electron chi connectivity index (χ3n) is 3.05. The fourth-order valence-electron chi connectivity index (χ4n) is 1.96. The highest BCUT2D eigenvalue weighted by Gasteiger charge is 2.30. The lowest BCUT2D eigenvalue weighted by Gasteiger charge is -2.17. The van der Waals surface area contributed by atoms with Crippen molar-refractivity contribution in [2.24, 2.45) is 0 Å². The minimum absolute atomic E-state index is 0.205. The minimum atomic E-state index is -4.31. The fourth-order valence-corrected chi connectivity index (χ4v) is 3.40. The van der Waals surface area contributed by atoms with Crippen LogP contribution in [0.5, 0.6) is 0 Å². The Bertz CT molecular complexity index is 589. The monoisotopic (exact) mass is 319 g/mol. The number of alkyl halides is 3. The molecule has 1 N–H and O–H groups in total. The van der Waals surface area contributed by atoms with Gasteiger partial charge >= 0.3 is 6.18 Å². The summed E-state index contributed by atoms with van der Waals surface area (Å²) in [4.78, 5) is 0.909. The standard InChI is InChI=1S/C14H13ClF3NS/c1-8-7-20-13(11(8)15)12(19-2)9-3-5-10(6-4-9)14(16,17)18/h3-7,12,19H,1-2H3. The molecule has 0 aliphatic rings. The predicted octanol–water partition coefficient (Wildman–Crippen LogP) is 5.04. The van der Waals surface area contributed by atoms with Gasteiger partial charge in [-0.15, -0.1) is 11.3 Å². The van der Waals surface area contributed by atoms with E-state index in [2.05, 4.69) is 5.32 Å². The highest BCUT2D eigenvalue weighted by Crippen LogP contribution is 2.36. The molecule has 0 aliphatic carbocycles. The van der Waals surface area contributed by atoms with Gasteiger partial charge in [0.15, 0.2) is 0 Å². The van der Waals surface area contributed by atoms with Crippen molar-refractivity contribution in [3.05, 3.63) is 56.2 Å². The van der Waals surface area contributed by atoms with Crippen LogP contribution in [0.4, 0.5) is 13.2 Å². The number of thiophene rings is 1. The molecule has 0 saturated heterocycles. The molecule has 0 saturated carbocycles. The zero-order valence-corrected chi connectivity index (χ0v) is 12.5. The van der Waals surface area contributed by atoms with Crippen molar-refractivity contribution < 1.29 is 13.2 Å². The van der Waals surface area contributed by atoms with Crippen LogP contribution in [0.25, 0.3) is 0 Å². The van der Waals surface area contributed by atoms with Crippen LogP contribution in [0, 0.1) is 6.92 Å². The molecular formula is C14H13ClF3NS. The van der Waals surface area contributed by atoms with Gasteiger partial charge in [-0.3, -0.25) is 0 Å². The van der Waals surface area contributed by atoms with Gasteiger partial charge in [0.1, 0.15) is 0 Å². The van der Waals surface area contributed by atoms with E-state index in [0.717, 1.165) is 28.1 Å². The Morgan fingerprint density at radius 3 is 2.20 bits per heavy atom. The Morgan fingerprint density at radius 1 is 1.20 bits per heavy atom. The summed E-state index contributed by atoms with van der Waals surface area (Å²) in [5.74, 6) is 0. The van der Waals surface area contributed by atoms with E-state index in [1.54, 1.807) is 7.05 Å². The number of hydrogen-bond donors (Lipinski definition) is 1. The van der Waals surface area contributed by atoms with E-state index in [4.69, 9.17) is 11.6 Å². The van der Waals surface area contributed by atoms with Crippen molar-refractivity contribution in [1.82, 2.24) is 5.32 Å². The van der Waals surface area contributed by atoms with Gasteiger partial charge in [-0.05, 0) is 42.6 Å². The second-order valence-corrected chi connectivity index (χ2v) is 5.73. The third-order valence-corrected chi connectivity index (χ3v) is 4.83. The molecule has 2 aromatic rings. The first kappa shape index (κ1) is 15.4. The summed E-state index contributed by atoms with van der Waals surface area (Å²) in [5.41, 5.74) is 1.08. The van der Waals surface area contributed by atoms with E-state index in [1.807, 2.05) is 12.3 Å². The predicted molar refractivity (Wildman–Crippen MR) is 76.4 cm³/mol. The van der Waals surface area contributed by atoms with E-state index in [9.17, 15) is 13.2 Å². The van der Waals surface area contributed by atoms with E-state index >= 15 is 0 Å². The third kappa shape index (κ3) is 3.00. The van der Waals surface area contributed by atoms with Crippen molar-refractivity contribution in [3.8, 4) is 0 Å². The summed E-state index contributed by atoms with van der Waals surface area (Å²) in [6.45, 7) is 1.90. The number of benzene rings is 1. The van der Waals surface area contributed by atoms with Gasteiger partial charge in [0.2, 0.25) is 0 Å². The number of hydrogen-bond acceptors (Lipinski definition) is 2. The lowest BCUT2D eigenvalue weighted by molar-refractivity contribution is -0.137. The molecule has 1 aromatic carbocycles. The minimum Gasteiger partial charge on any atom is -0.309 e. The largest absolute Gasteiger partial charge is 0.416 e. The van der Waals surface area contributed by atoms with E-state index in [1.165, 1.54) is 23.5 Å². The molecule has 1 atom stereocenters. The molecule has 0 aliphatic heterocycles. The Kier molecular flexibility index (Phi) is 4.42. The van der Waals surface area contributed by atoms with Gasteiger partial charge < -0.3 is 5.32 Å². The average molecular weight is 320 g/mol. The summed E-state index contributed by atoms with van der Waals surface area (Å²) in [6, 6.07) is 4.94. The van der Waals surface area contributed by atoms with E-state index in [-0.39, 0.29) is 6.04 Å². The number of nitrogens with one attached hydrogen (secondary N) is 1. The van der Waals surface area contributed by atoms with Crippen LogP contribution in [-0.4, -0.2) is 7.05 Å². The van der Waals surface area contributed by atoms with Crippen molar-refractivity contribution in [3.63, 3.8) is 0 Å². The molecule has 0 radical (unpaired) electrons. The number of halogens is 4. The second kappa shape index (κ2) is 5.76. The summed E-state index contributed by atoms with van der Waals surface area (Å²) in [6.07, 6.45) is -4.31. The molecular weight excluding hydrogens is 307 g/mol. The Morgan fingerprint density at radius 2 is 1.80 bits per heavy atom. The molecule has 0 fully saturated rings. The fraction of sp³-hybridized carbons (Fsp3) is 0.286. The molecule has 108 valence electrons. The van der Waals surface area contributed by atoms with Gasteiger partial charge in [-0.2, -0.15) is 13.2 Å². The smallest absolute Gasteiger partial charge is 0.309 e. The number of rotatable bonds is 3. The maximum Gasteiger partial charge on any atom is 0.416 e. The lowest BCUT2D eigenvalue weighted by atomic mass is 10.0.